The van der Waals surface area contributed by atoms with Gasteiger partial charge in [-0.05, 0) is 24.3 Å². The molecule has 238 valence electrons. The van der Waals surface area contributed by atoms with Gasteiger partial charge < -0.3 is 34.5 Å². The molecular weight excluding hydrogens is 598 g/mol. The number of anilines is 2. The van der Waals surface area contributed by atoms with Crippen LogP contribution in [0.2, 0.25) is 5.15 Å². The van der Waals surface area contributed by atoms with Gasteiger partial charge in [-0.1, -0.05) is 23.7 Å². The number of pyridine rings is 2. The van der Waals surface area contributed by atoms with Crippen LogP contribution in [-0.2, 0) is 28.9 Å². The van der Waals surface area contributed by atoms with E-state index >= 15 is 0 Å². The minimum atomic E-state index is 0.296. The first-order chi connectivity index (χ1) is 22.2. The molecule has 0 amide bonds. The third-order valence-electron chi connectivity index (χ3n) is 6.92. The van der Waals surface area contributed by atoms with Gasteiger partial charge >= 0.3 is 12.0 Å². The average molecular weight is 636 g/mol. The van der Waals surface area contributed by atoms with Crippen molar-refractivity contribution in [1.82, 2.24) is 29.9 Å². The molecule has 2 aliphatic heterocycles. The van der Waals surface area contributed by atoms with Crippen molar-refractivity contribution < 1.29 is 18.9 Å². The lowest BCUT2D eigenvalue weighted by atomic mass is 10.3. The van der Waals surface area contributed by atoms with E-state index in [9.17, 15) is 0 Å². The molecule has 2 N–H and O–H groups in total. The third kappa shape index (κ3) is 10.5. The number of aromatic nitrogens is 6. The summed E-state index contributed by atoms with van der Waals surface area (Å²) in [6.45, 7) is 7.30. The normalized spacial score (nSPS) is 14.8. The van der Waals surface area contributed by atoms with Crippen LogP contribution in [0.5, 0.6) is 12.0 Å². The predicted molar refractivity (Wildman–Crippen MR) is 170 cm³/mol. The Kier molecular flexibility index (Phi) is 12.4. The van der Waals surface area contributed by atoms with Gasteiger partial charge in [-0.25, -0.2) is 0 Å². The fourth-order valence-electron chi connectivity index (χ4n) is 4.57. The predicted octanol–water partition coefficient (Wildman–Crippen LogP) is 2.77. The maximum atomic E-state index is 6.06. The summed E-state index contributed by atoms with van der Waals surface area (Å²) in [5.74, 6) is 1.62. The van der Waals surface area contributed by atoms with E-state index in [1.807, 2.05) is 42.5 Å². The Morgan fingerprint density at radius 2 is 1.18 bits per heavy atom. The van der Waals surface area contributed by atoms with Gasteiger partial charge in [0.1, 0.15) is 16.8 Å². The van der Waals surface area contributed by atoms with E-state index in [0.717, 1.165) is 54.9 Å². The zero-order valence-corrected chi connectivity index (χ0v) is 25.9. The second-order valence-corrected chi connectivity index (χ2v) is 10.5. The molecule has 4 aromatic heterocycles. The molecule has 0 spiro atoms. The van der Waals surface area contributed by atoms with Gasteiger partial charge in [0, 0.05) is 81.5 Å². The summed E-state index contributed by atoms with van der Waals surface area (Å²) in [4.78, 5) is 30.2. The van der Waals surface area contributed by atoms with E-state index < -0.39 is 0 Å². The van der Waals surface area contributed by atoms with Gasteiger partial charge in [0.2, 0.25) is 0 Å². The number of hydrogen-bond acceptors (Lipinski definition) is 13. The third-order valence-corrected chi connectivity index (χ3v) is 7.11. The highest BCUT2D eigenvalue weighted by atomic mass is 35.5. The summed E-state index contributed by atoms with van der Waals surface area (Å²) in [7, 11) is 0. The van der Waals surface area contributed by atoms with E-state index in [2.05, 4.69) is 39.7 Å². The maximum absolute atomic E-state index is 6.06. The molecule has 6 heterocycles. The monoisotopic (exact) mass is 635 g/mol. The quantitative estimate of drug-likeness (QED) is 0.241. The lowest BCUT2D eigenvalue weighted by molar-refractivity contribution is 0.122. The molecule has 0 aliphatic carbocycles. The van der Waals surface area contributed by atoms with E-state index in [-0.39, 0.29) is 0 Å². The second-order valence-electron chi connectivity index (χ2n) is 10.1. The van der Waals surface area contributed by atoms with Crippen molar-refractivity contribution in [2.45, 2.75) is 19.4 Å². The zero-order chi connectivity index (χ0) is 31.1. The molecule has 0 unspecified atom stereocenters. The van der Waals surface area contributed by atoms with E-state index in [1.165, 1.54) is 0 Å². The van der Waals surface area contributed by atoms with Crippen molar-refractivity contribution in [2.75, 3.05) is 75.6 Å². The van der Waals surface area contributed by atoms with Crippen LogP contribution in [0.3, 0.4) is 0 Å². The Hall–Kier alpha value is -4.17. The van der Waals surface area contributed by atoms with Crippen molar-refractivity contribution >= 4 is 23.2 Å². The Bertz CT molecular complexity index is 1440. The smallest absolute Gasteiger partial charge is 0.319 e. The Morgan fingerprint density at radius 3 is 1.67 bits per heavy atom. The van der Waals surface area contributed by atoms with Crippen LogP contribution in [0.25, 0.3) is 0 Å². The minimum absolute atomic E-state index is 0.296. The van der Waals surface area contributed by atoms with Gasteiger partial charge in [0.25, 0.3) is 0 Å². The molecule has 0 aromatic carbocycles. The summed E-state index contributed by atoms with van der Waals surface area (Å²) in [6.07, 6.45) is 4.95. The standard InChI is InChI=1S/C16H21N5O2.C15H17ClN4O2/c17-12-14-11-15(21-6-9-22-10-7-21)20-16(19-14)23-8-4-13-3-1-2-5-18-13;16-13-11-14(20-6-9-21-10-7-20)19-15(18-13)22-8-4-12-3-1-2-5-17-12/h1-3,5,11H,4,6-10,12,17H2;1-3,5,11H,4,6-10H2. The number of rotatable bonds is 11. The highest BCUT2D eigenvalue weighted by molar-refractivity contribution is 6.29. The van der Waals surface area contributed by atoms with Crippen LogP contribution < -0.4 is 25.0 Å². The van der Waals surface area contributed by atoms with Crippen molar-refractivity contribution in [3.05, 3.63) is 83.2 Å². The average Bonchev–Trinajstić information content (AvgIpc) is 3.10. The number of halogens is 1. The molecule has 0 atom stereocenters. The van der Waals surface area contributed by atoms with Crippen molar-refractivity contribution in [1.29, 1.82) is 0 Å². The molecule has 13 nitrogen and oxygen atoms in total. The van der Waals surface area contributed by atoms with Crippen LogP contribution in [0.1, 0.15) is 17.1 Å². The first kappa shape index (κ1) is 32.2. The van der Waals surface area contributed by atoms with E-state index in [1.54, 1.807) is 18.5 Å². The lowest BCUT2D eigenvalue weighted by Crippen LogP contribution is -2.37. The number of morpholine rings is 2. The fraction of sp³-hybridized carbons (Fsp3) is 0.419. The van der Waals surface area contributed by atoms with Gasteiger partial charge in [-0.2, -0.15) is 19.9 Å². The Morgan fingerprint density at radius 1 is 0.667 bits per heavy atom. The van der Waals surface area contributed by atoms with Crippen LogP contribution in [0.4, 0.5) is 11.6 Å². The largest absolute Gasteiger partial charge is 0.463 e. The number of hydrogen-bond donors (Lipinski definition) is 1. The molecular formula is C31H38ClN9O4. The highest BCUT2D eigenvalue weighted by Gasteiger charge is 2.16. The summed E-state index contributed by atoms with van der Waals surface area (Å²) < 4.78 is 22.0. The molecule has 2 aliphatic rings. The maximum Gasteiger partial charge on any atom is 0.319 e. The Labute approximate surface area is 267 Å². The number of nitrogens with zero attached hydrogens (tertiary/aromatic N) is 8. The summed E-state index contributed by atoms with van der Waals surface area (Å²) in [5.41, 5.74) is 8.46. The van der Waals surface area contributed by atoms with Gasteiger partial charge in [-0.3, -0.25) is 9.97 Å². The van der Waals surface area contributed by atoms with Crippen LogP contribution >= 0.6 is 11.6 Å². The van der Waals surface area contributed by atoms with Gasteiger partial charge in [0.05, 0.1) is 45.3 Å². The first-order valence-electron chi connectivity index (χ1n) is 15.0. The molecule has 6 rings (SSSR count). The SMILES string of the molecule is Clc1cc(N2CCOCC2)nc(OCCc2ccccn2)n1.NCc1cc(N2CCOCC2)nc(OCCc2ccccn2)n1. The second kappa shape index (κ2) is 17.4. The molecule has 0 saturated carbocycles. The lowest BCUT2D eigenvalue weighted by Gasteiger charge is -2.28. The first-order valence-corrected chi connectivity index (χ1v) is 15.4. The number of ether oxygens (including phenoxy) is 4. The zero-order valence-electron chi connectivity index (χ0n) is 25.1. The molecule has 0 bridgehead atoms. The fourth-order valence-corrected chi connectivity index (χ4v) is 4.74. The highest BCUT2D eigenvalue weighted by Crippen LogP contribution is 2.21. The van der Waals surface area contributed by atoms with Crippen molar-refractivity contribution in [2.24, 2.45) is 5.73 Å². The molecule has 14 heteroatoms. The van der Waals surface area contributed by atoms with Crippen LogP contribution in [0.15, 0.2) is 60.9 Å². The number of nitrogens with two attached hydrogens (primary N) is 1. The van der Waals surface area contributed by atoms with Crippen LogP contribution in [-0.4, -0.2) is 95.7 Å². The summed E-state index contributed by atoms with van der Waals surface area (Å²) in [5, 5.41) is 0.379. The summed E-state index contributed by atoms with van der Waals surface area (Å²) in [6, 6.07) is 16.0. The van der Waals surface area contributed by atoms with Gasteiger partial charge in [0.15, 0.2) is 0 Å². The van der Waals surface area contributed by atoms with Gasteiger partial charge in [-0.15, -0.1) is 0 Å². The van der Waals surface area contributed by atoms with Crippen molar-refractivity contribution in [3.8, 4) is 12.0 Å². The van der Waals surface area contributed by atoms with E-state index in [0.29, 0.717) is 76.2 Å². The Balaban J connectivity index is 0.000000178. The van der Waals surface area contributed by atoms with E-state index in [4.69, 9.17) is 36.3 Å². The summed E-state index contributed by atoms with van der Waals surface area (Å²) >= 11 is 6.06. The molecule has 4 aromatic rings. The molecule has 2 fully saturated rings. The van der Waals surface area contributed by atoms with Crippen LogP contribution in [0, 0.1) is 0 Å². The van der Waals surface area contributed by atoms with Crippen molar-refractivity contribution in [3.63, 3.8) is 0 Å². The minimum Gasteiger partial charge on any atom is -0.463 e. The molecule has 0 radical (unpaired) electrons. The topological polar surface area (TPSA) is 147 Å². The molecule has 45 heavy (non-hydrogen) atoms. The molecule has 2 saturated heterocycles.